The van der Waals surface area contributed by atoms with Crippen molar-refractivity contribution in [2.75, 3.05) is 7.11 Å². The fraction of sp³-hybridized carbons (Fsp3) is 0.333. The summed E-state index contributed by atoms with van der Waals surface area (Å²) in [6.45, 7) is 1.40. The molecule has 0 radical (unpaired) electrons. The van der Waals surface area contributed by atoms with Gasteiger partial charge in [0.15, 0.2) is 0 Å². The van der Waals surface area contributed by atoms with Crippen LogP contribution in [-0.4, -0.2) is 21.9 Å². The quantitative estimate of drug-likeness (QED) is 0.916. The van der Waals surface area contributed by atoms with E-state index >= 15 is 0 Å². The van der Waals surface area contributed by atoms with Gasteiger partial charge in [0.25, 0.3) is 0 Å². The molecule has 0 bridgehead atoms. The van der Waals surface area contributed by atoms with Crippen LogP contribution in [0.1, 0.15) is 11.4 Å². The molecule has 2 aromatic rings. The highest BCUT2D eigenvalue weighted by Gasteiger charge is 2.04. The minimum Gasteiger partial charge on any atom is -0.481 e. The lowest BCUT2D eigenvalue weighted by molar-refractivity contribution is 0.373. The Morgan fingerprint density at radius 1 is 1.33 bits per heavy atom. The van der Waals surface area contributed by atoms with Crippen LogP contribution in [-0.2, 0) is 20.1 Å². The fourth-order valence-corrected chi connectivity index (χ4v) is 1.85. The molecule has 0 atom stereocenters. The van der Waals surface area contributed by atoms with Crippen molar-refractivity contribution < 1.29 is 4.74 Å². The predicted molar refractivity (Wildman–Crippen MR) is 72.2 cm³/mol. The van der Waals surface area contributed by atoms with Crippen LogP contribution in [0.5, 0.6) is 5.88 Å². The number of nitrogens with one attached hydrogen (secondary N) is 1. The van der Waals surface area contributed by atoms with E-state index in [2.05, 4.69) is 31.3 Å². The Bertz CT molecular complexity index is 509. The van der Waals surface area contributed by atoms with Crippen molar-refractivity contribution in [3.05, 3.63) is 40.3 Å². The summed E-state index contributed by atoms with van der Waals surface area (Å²) in [4.78, 5) is 4.29. The Labute approximate surface area is 114 Å². The second-order valence-corrected chi connectivity index (χ2v) is 4.79. The number of aryl methyl sites for hydroxylation is 1. The van der Waals surface area contributed by atoms with E-state index in [0.717, 1.165) is 21.7 Å². The molecule has 0 aliphatic heterocycles. The molecule has 0 amide bonds. The second-order valence-electron chi connectivity index (χ2n) is 3.87. The number of halogens is 1. The van der Waals surface area contributed by atoms with E-state index in [4.69, 9.17) is 4.74 Å². The third-order valence-corrected chi connectivity index (χ3v) is 2.97. The van der Waals surface area contributed by atoms with Gasteiger partial charge in [-0.25, -0.2) is 4.68 Å². The van der Waals surface area contributed by atoms with E-state index < -0.39 is 0 Å². The standard InChI is InChI=1S/C12H15BrN4O/c1-17-12(18-2)5-11(16-17)8-14-7-10-4-3-9(13)6-15-10/h3-6,14H,7-8H2,1-2H3. The molecular weight excluding hydrogens is 296 g/mol. The molecule has 2 heterocycles. The fourth-order valence-electron chi connectivity index (χ4n) is 1.61. The van der Waals surface area contributed by atoms with Crippen LogP contribution in [0, 0.1) is 0 Å². The largest absolute Gasteiger partial charge is 0.481 e. The Morgan fingerprint density at radius 2 is 2.11 bits per heavy atom. The second kappa shape index (κ2) is 5.97. The van der Waals surface area contributed by atoms with Gasteiger partial charge in [-0.05, 0) is 28.1 Å². The highest BCUT2D eigenvalue weighted by molar-refractivity contribution is 9.10. The van der Waals surface area contributed by atoms with Gasteiger partial charge < -0.3 is 10.1 Å². The van der Waals surface area contributed by atoms with Crippen LogP contribution in [0.3, 0.4) is 0 Å². The van der Waals surface area contributed by atoms with Gasteiger partial charge in [-0.3, -0.25) is 4.98 Å². The minimum atomic E-state index is 0.689. The lowest BCUT2D eigenvalue weighted by Crippen LogP contribution is -2.14. The highest BCUT2D eigenvalue weighted by atomic mass is 79.9. The van der Waals surface area contributed by atoms with Crippen molar-refractivity contribution in [1.29, 1.82) is 0 Å². The molecule has 0 saturated heterocycles. The summed E-state index contributed by atoms with van der Waals surface area (Å²) in [6.07, 6.45) is 1.79. The molecule has 6 heteroatoms. The molecule has 2 aromatic heterocycles. The zero-order valence-electron chi connectivity index (χ0n) is 10.4. The van der Waals surface area contributed by atoms with Crippen LogP contribution in [0.2, 0.25) is 0 Å². The number of methoxy groups -OCH3 is 1. The zero-order valence-corrected chi connectivity index (χ0v) is 11.9. The average molecular weight is 311 g/mol. The van der Waals surface area contributed by atoms with E-state index in [-0.39, 0.29) is 0 Å². The molecule has 0 aliphatic carbocycles. The van der Waals surface area contributed by atoms with Gasteiger partial charge in [0, 0.05) is 36.9 Å². The Morgan fingerprint density at radius 3 is 2.72 bits per heavy atom. The molecule has 18 heavy (non-hydrogen) atoms. The summed E-state index contributed by atoms with van der Waals surface area (Å²) in [7, 11) is 3.50. The molecule has 5 nitrogen and oxygen atoms in total. The van der Waals surface area contributed by atoms with E-state index in [0.29, 0.717) is 13.1 Å². The van der Waals surface area contributed by atoms with E-state index in [1.165, 1.54) is 0 Å². The number of rotatable bonds is 5. The van der Waals surface area contributed by atoms with E-state index in [1.807, 2.05) is 25.2 Å². The Balaban J connectivity index is 1.86. The van der Waals surface area contributed by atoms with Crippen molar-refractivity contribution >= 4 is 15.9 Å². The maximum atomic E-state index is 5.16. The topological polar surface area (TPSA) is 52.0 Å². The van der Waals surface area contributed by atoms with Gasteiger partial charge >= 0.3 is 0 Å². The summed E-state index contributed by atoms with van der Waals surface area (Å²) >= 11 is 3.36. The van der Waals surface area contributed by atoms with Crippen LogP contribution >= 0.6 is 15.9 Å². The summed E-state index contributed by atoms with van der Waals surface area (Å²) in [5, 5.41) is 7.62. The van der Waals surface area contributed by atoms with Gasteiger partial charge in [-0.2, -0.15) is 5.10 Å². The third kappa shape index (κ3) is 3.30. The third-order valence-electron chi connectivity index (χ3n) is 2.50. The number of hydrogen-bond acceptors (Lipinski definition) is 4. The van der Waals surface area contributed by atoms with Crippen molar-refractivity contribution in [2.45, 2.75) is 13.1 Å². The molecule has 0 spiro atoms. The molecule has 0 aliphatic rings. The summed E-state index contributed by atoms with van der Waals surface area (Å²) in [5.74, 6) is 0.758. The normalized spacial score (nSPS) is 10.6. The smallest absolute Gasteiger partial charge is 0.211 e. The number of pyridine rings is 1. The first kappa shape index (κ1) is 13.0. The molecular formula is C12H15BrN4O. The number of aromatic nitrogens is 3. The van der Waals surface area contributed by atoms with Gasteiger partial charge in [0.05, 0.1) is 18.5 Å². The molecule has 2 rings (SSSR count). The molecule has 0 saturated carbocycles. The molecule has 0 unspecified atom stereocenters. The van der Waals surface area contributed by atoms with E-state index in [1.54, 1.807) is 18.0 Å². The first-order chi connectivity index (χ1) is 8.69. The van der Waals surface area contributed by atoms with Crippen molar-refractivity contribution in [2.24, 2.45) is 7.05 Å². The van der Waals surface area contributed by atoms with Crippen LogP contribution < -0.4 is 10.1 Å². The molecule has 0 aromatic carbocycles. The van der Waals surface area contributed by atoms with Gasteiger partial charge in [-0.1, -0.05) is 0 Å². The molecule has 96 valence electrons. The van der Waals surface area contributed by atoms with Crippen molar-refractivity contribution in [1.82, 2.24) is 20.1 Å². The summed E-state index contributed by atoms with van der Waals surface area (Å²) in [5.41, 5.74) is 1.95. The van der Waals surface area contributed by atoms with Gasteiger partial charge in [0.2, 0.25) is 5.88 Å². The van der Waals surface area contributed by atoms with E-state index in [9.17, 15) is 0 Å². The summed E-state index contributed by atoms with van der Waals surface area (Å²) < 4.78 is 7.86. The first-order valence-corrected chi connectivity index (χ1v) is 6.36. The SMILES string of the molecule is COc1cc(CNCc2ccc(Br)cn2)nn1C. The highest BCUT2D eigenvalue weighted by Crippen LogP contribution is 2.11. The Hall–Kier alpha value is -1.40. The van der Waals surface area contributed by atoms with Crippen LogP contribution in [0.4, 0.5) is 0 Å². The van der Waals surface area contributed by atoms with Crippen molar-refractivity contribution in [3.8, 4) is 5.88 Å². The number of hydrogen-bond donors (Lipinski definition) is 1. The van der Waals surface area contributed by atoms with Crippen LogP contribution in [0.25, 0.3) is 0 Å². The lowest BCUT2D eigenvalue weighted by atomic mass is 10.3. The number of ether oxygens (including phenoxy) is 1. The average Bonchev–Trinajstić information content (AvgIpc) is 2.72. The zero-order chi connectivity index (χ0) is 13.0. The predicted octanol–water partition coefficient (Wildman–Crippen LogP) is 1.88. The van der Waals surface area contributed by atoms with Crippen LogP contribution in [0.15, 0.2) is 28.9 Å². The molecule has 1 N–H and O–H groups in total. The number of nitrogens with zero attached hydrogens (tertiary/aromatic N) is 3. The first-order valence-electron chi connectivity index (χ1n) is 5.57. The molecule has 0 fully saturated rings. The van der Waals surface area contributed by atoms with Gasteiger partial charge in [-0.15, -0.1) is 0 Å². The lowest BCUT2D eigenvalue weighted by Gasteiger charge is -2.02. The summed E-state index contributed by atoms with van der Waals surface area (Å²) in [6, 6.07) is 5.88. The Kier molecular flexibility index (Phi) is 4.33. The minimum absolute atomic E-state index is 0.689. The van der Waals surface area contributed by atoms with Gasteiger partial charge in [0.1, 0.15) is 0 Å². The van der Waals surface area contributed by atoms with Crippen molar-refractivity contribution in [3.63, 3.8) is 0 Å². The monoisotopic (exact) mass is 310 g/mol. The maximum Gasteiger partial charge on any atom is 0.211 e. The maximum absolute atomic E-state index is 5.16.